The number of hydrogen-bond acceptors (Lipinski definition) is 2. The summed E-state index contributed by atoms with van der Waals surface area (Å²) in [4.78, 5) is 11.4. The highest BCUT2D eigenvalue weighted by atomic mass is 79.9. The molecule has 0 aromatic heterocycles. The standard InChI is InChI=1S/C13H16BrF2NO2/c1-8(2)3-4-17-12(18)7-19-11-6-9(14)5-10(15)13(11)16/h5-6,8H,3-4,7H2,1-2H3,(H,17,18). The van der Waals surface area contributed by atoms with Gasteiger partial charge in [-0.15, -0.1) is 0 Å². The van der Waals surface area contributed by atoms with Crippen molar-refractivity contribution in [1.82, 2.24) is 5.32 Å². The minimum Gasteiger partial charge on any atom is -0.481 e. The van der Waals surface area contributed by atoms with Crippen molar-refractivity contribution >= 4 is 21.8 Å². The normalized spacial score (nSPS) is 10.6. The lowest BCUT2D eigenvalue weighted by Crippen LogP contribution is -2.30. The van der Waals surface area contributed by atoms with Crippen molar-refractivity contribution in [2.75, 3.05) is 13.2 Å². The second-order valence-electron chi connectivity index (χ2n) is 4.52. The van der Waals surface area contributed by atoms with Crippen LogP contribution in [-0.4, -0.2) is 19.1 Å². The Hall–Kier alpha value is -1.17. The Bertz CT molecular complexity index is 453. The SMILES string of the molecule is CC(C)CCNC(=O)COc1cc(Br)cc(F)c1F. The first kappa shape index (κ1) is 15.9. The van der Waals surface area contributed by atoms with Crippen molar-refractivity contribution in [1.29, 1.82) is 0 Å². The average molecular weight is 336 g/mol. The second kappa shape index (κ2) is 7.43. The zero-order valence-corrected chi connectivity index (χ0v) is 12.4. The molecule has 1 rings (SSSR count). The first-order chi connectivity index (χ1) is 8.90. The fourth-order valence-corrected chi connectivity index (χ4v) is 1.74. The molecule has 0 fully saturated rings. The molecule has 19 heavy (non-hydrogen) atoms. The van der Waals surface area contributed by atoms with E-state index in [4.69, 9.17) is 4.74 Å². The molecule has 0 spiro atoms. The van der Waals surface area contributed by atoms with Crippen molar-refractivity contribution in [3.8, 4) is 5.75 Å². The number of carbonyl (C=O) groups is 1. The van der Waals surface area contributed by atoms with Gasteiger partial charge in [0.15, 0.2) is 18.2 Å². The van der Waals surface area contributed by atoms with E-state index in [0.717, 1.165) is 12.5 Å². The summed E-state index contributed by atoms with van der Waals surface area (Å²) in [5, 5.41) is 2.64. The zero-order chi connectivity index (χ0) is 14.4. The molecule has 0 unspecified atom stereocenters. The monoisotopic (exact) mass is 335 g/mol. The fraction of sp³-hybridized carbons (Fsp3) is 0.462. The third-order valence-corrected chi connectivity index (χ3v) is 2.82. The molecule has 3 nitrogen and oxygen atoms in total. The van der Waals surface area contributed by atoms with E-state index in [0.29, 0.717) is 16.9 Å². The van der Waals surface area contributed by atoms with E-state index < -0.39 is 11.6 Å². The van der Waals surface area contributed by atoms with Crippen LogP contribution in [0, 0.1) is 17.6 Å². The van der Waals surface area contributed by atoms with Crippen LogP contribution < -0.4 is 10.1 Å². The topological polar surface area (TPSA) is 38.3 Å². The number of hydrogen-bond donors (Lipinski definition) is 1. The number of carbonyl (C=O) groups excluding carboxylic acids is 1. The van der Waals surface area contributed by atoms with Crippen LogP contribution in [0.15, 0.2) is 16.6 Å². The van der Waals surface area contributed by atoms with Gasteiger partial charge in [0.2, 0.25) is 5.82 Å². The van der Waals surface area contributed by atoms with Gasteiger partial charge in [-0.25, -0.2) is 4.39 Å². The lowest BCUT2D eigenvalue weighted by Gasteiger charge is -2.10. The maximum Gasteiger partial charge on any atom is 0.257 e. The molecule has 0 saturated heterocycles. The molecule has 1 aromatic carbocycles. The largest absolute Gasteiger partial charge is 0.481 e. The summed E-state index contributed by atoms with van der Waals surface area (Å²) in [7, 11) is 0. The van der Waals surface area contributed by atoms with Crippen molar-refractivity contribution in [2.45, 2.75) is 20.3 Å². The first-order valence-electron chi connectivity index (χ1n) is 5.94. The Morgan fingerprint density at radius 3 is 2.74 bits per heavy atom. The van der Waals surface area contributed by atoms with Gasteiger partial charge in [-0.05, 0) is 24.5 Å². The summed E-state index contributed by atoms with van der Waals surface area (Å²) >= 11 is 3.02. The summed E-state index contributed by atoms with van der Waals surface area (Å²) < 4.78 is 31.7. The van der Waals surface area contributed by atoms with Crippen LogP contribution >= 0.6 is 15.9 Å². The van der Waals surface area contributed by atoms with E-state index in [1.807, 2.05) is 13.8 Å². The van der Waals surface area contributed by atoms with Gasteiger partial charge >= 0.3 is 0 Å². The number of rotatable bonds is 6. The second-order valence-corrected chi connectivity index (χ2v) is 5.44. The molecule has 0 bridgehead atoms. The molecule has 1 N–H and O–H groups in total. The minimum absolute atomic E-state index is 0.286. The predicted molar refractivity (Wildman–Crippen MR) is 72.0 cm³/mol. The van der Waals surface area contributed by atoms with Gasteiger partial charge in [0.1, 0.15) is 0 Å². The van der Waals surface area contributed by atoms with Crippen molar-refractivity contribution in [3.63, 3.8) is 0 Å². The van der Waals surface area contributed by atoms with E-state index in [9.17, 15) is 13.6 Å². The third-order valence-electron chi connectivity index (χ3n) is 2.36. The highest BCUT2D eigenvalue weighted by molar-refractivity contribution is 9.10. The molecule has 0 heterocycles. The molecule has 0 aliphatic heterocycles. The van der Waals surface area contributed by atoms with Crippen LogP contribution in [0.25, 0.3) is 0 Å². The van der Waals surface area contributed by atoms with Crippen LogP contribution in [0.1, 0.15) is 20.3 Å². The summed E-state index contributed by atoms with van der Waals surface area (Å²) in [6.07, 6.45) is 0.853. The third kappa shape index (κ3) is 5.55. The van der Waals surface area contributed by atoms with Gasteiger partial charge in [0, 0.05) is 11.0 Å². The van der Waals surface area contributed by atoms with Crippen molar-refractivity contribution in [2.24, 2.45) is 5.92 Å². The maximum absolute atomic E-state index is 13.3. The lowest BCUT2D eigenvalue weighted by atomic mass is 10.1. The van der Waals surface area contributed by atoms with E-state index in [1.165, 1.54) is 6.07 Å². The van der Waals surface area contributed by atoms with E-state index in [-0.39, 0.29) is 18.3 Å². The van der Waals surface area contributed by atoms with Gasteiger partial charge in [-0.2, -0.15) is 4.39 Å². The quantitative estimate of drug-likeness (QED) is 0.810. The summed E-state index contributed by atoms with van der Waals surface area (Å²) in [6.45, 7) is 4.28. The minimum atomic E-state index is -1.10. The van der Waals surface area contributed by atoms with Gasteiger partial charge in [0.05, 0.1) is 0 Å². The molecule has 6 heteroatoms. The Labute approximate surface area is 119 Å². The number of nitrogens with one attached hydrogen (secondary N) is 1. The summed E-state index contributed by atoms with van der Waals surface area (Å²) in [5.74, 6) is -2.29. The van der Waals surface area contributed by atoms with Crippen molar-refractivity contribution < 1.29 is 18.3 Å². The highest BCUT2D eigenvalue weighted by Crippen LogP contribution is 2.25. The molecule has 1 amide bonds. The summed E-state index contributed by atoms with van der Waals surface area (Å²) in [6, 6.07) is 2.27. The lowest BCUT2D eigenvalue weighted by molar-refractivity contribution is -0.123. The molecular formula is C13H16BrF2NO2. The Morgan fingerprint density at radius 1 is 1.42 bits per heavy atom. The van der Waals surface area contributed by atoms with Crippen LogP contribution in [0.3, 0.4) is 0 Å². The first-order valence-corrected chi connectivity index (χ1v) is 6.73. The molecule has 0 atom stereocenters. The fourth-order valence-electron chi connectivity index (χ4n) is 1.33. The molecule has 0 radical (unpaired) electrons. The van der Waals surface area contributed by atoms with Gasteiger partial charge < -0.3 is 10.1 Å². The van der Waals surface area contributed by atoms with Crippen LogP contribution in [0.4, 0.5) is 8.78 Å². The van der Waals surface area contributed by atoms with Gasteiger partial charge in [-0.3, -0.25) is 4.79 Å². The molecular weight excluding hydrogens is 320 g/mol. The predicted octanol–water partition coefficient (Wildman–Crippen LogP) is 3.27. The number of benzene rings is 1. The van der Waals surface area contributed by atoms with E-state index >= 15 is 0 Å². The molecule has 0 aliphatic carbocycles. The van der Waals surface area contributed by atoms with Crippen molar-refractivity contribution in [3.05, 3.63) is 28.2 Å². The van der Waals surface area contributed by atoms with E-state index in [2.05, 4.69) is 21.2 Å². The smallest absolute Gasteiger partial charge is 0.257 e. The average Bonchev–Trinajstić information content (AvgIpc) is 2.31. The van der Waals surface area contributed by atoms with Crippen LogP contribution in [0.5, 0.6) is 5.75 Å². The Kier molecular flexibility index (Phi) is 6.21. The van der Waals surface area contributed by atoms with Crippen LogP contribution in [0.2, 0.25) is 0 Å². The number of halogens is 3. The molecule has 1 aromatic rings. The Balaban J connectivity index is 2.46. The highest BCUT2D eigenvalue weighted by Gasteiger charge is 2.12. The molecule has 0 aliphatic rings. The van der Waals surface area contributed by atoms with E-state index in [1.54, 1.807) is 0 Å². The van der Waals surface area contributed by atoms with Gasteiger partial charge in [-0.1, -0.05) is 29.8 Å². The number of amides is 1. The number of ether oxygens (including phenoxy) is 1. The maximum atomic E-state index is 13.3. The molecule has 0 saturated carbocycles. The zero-order valence-electron chi connectivity index (χ0n) is 10.8. The summed E-state index contributed by atoms with van der Waals surface area (Å²) in [5.41, 5.74) is 0. The van der Waals surface area contributed by atoms with Crippen LogP contribution in [-0.2, 0) is 4.79 Å². The van der Waals surface area contributed by atoms with Gasteiger partial charge in [0.25, 0.3) is 5.91 Å². The Morgan fingerprint density at radius 2 is 2.11 bits per heavy atom. The molecule has 106 valence electrons.